The molecule has 1 aromatic heterocycles. The molecule has 1 fully saturated rings. The highest BCUT2D eigenvalue weighted by molar-refractivity contribution is 7.88. The topological polar surface area (TPSA) is 95.2 Å². The molecule has 0 aliphatic carbocycles. The summed E-state index contributed by atoms with van der Waals surface area (Å²) >= 11 is 0. The Bertz CT molecular complexity index is 581. The highest BCUT2D eigenvalue weighted by atomic mass is 32.2. The molecule has 1 atom stereocenters. The van der Waals surface area contributed by atoms with Gasteiger partial charge in [-0.05, 0) is 26.2 Å². The Hall–Kier alpha value is -1.41. The van der Waals surface area contributed by atoms with Gasteiger partial charge < -0.3 is 4.90 Å². The molecule has 7 nitrogen and oxygen atoms in total. The molecule has 0 radical (unpaired) electrons. The zero-order valence-corrected chi connectivity index (χ0v) is 12.5. The number of sulfonamides is 1. The zero-order chi connectivity index (χ0) is 14.8. The van der Waals surface area contributed by atoms with Crippen molar-refractivity contribution in [1.29, 1.82) is 0 Å². The van der Waals surface area contributed by atoms with E-state index in [1.54, 1.807) is 11.8 Å². The lowest BCUT2D eigenvalue weighted by Crippen LogP contribution is -2.49. The van der Waals surface area contributed by atoms with Crippen molar-refractivity contribution < 1.29 is 13.2 Å². The Morgan fingerprint density at radius 1 is 1.55 bits per heavy atom. The number of hydrogen-bond donors (Lipinski definition) is 2. The van der Waals surface area contributed by atoms with Crippen molar-refractivity contribution >= 4 is 15.9 Å². The molecule has 0 aromatic carbocycles. The maximum absolute atomic E-state index is 12.5. The molecule has 2 heterocycles. The third-order valence-corrected chi connectivity index (χ3v) is 4.22. The van der Waals surface area contributed by atoms with Crippen LogP contribution in [0.2, 0.25) is 0 Å². The fraction of sp³-hybridized carbons (Fsp3) is 0.667. The summed E-state index contributed by atoms with van der Waals surface area (Å²) in [6.45, 7) is 2.72. The van der Waals surface area contributed by atoms with Crippen molar-refractivity contribution in [3.63, 3.8) is 0 Å². The second-order valence-corrected chi connectivity index (χ2v) is 7.01. The second-order valence-electron chi connectivity index (χ2n) is 5.18. The first-order valence-electron chi connectivity index (χ1n) is 6.64. The van der Waals surface area contributed by atoms with Gasteiger partial charge in [0.2, 0.25) is 10.0 Å². The highest BCUT2D eigenvalue weighted by Crippen LogP contribution is 2.20. The summed E-state index contributed by atoms with van der Waals surface area (Å²) < 4.78 is 24.9. The first-order valence-corrected chi connectivity index (χ1v) is 8.53. The van der Waals surface area contributed by atoms with E-state index in [0.717, 1.165) is 31.2 Å². The normalized spacial score (nSPS) is 20.1. The lowest BCUT2D eigenvalue weighted by Gasteiger charge is -2.35. The number of H-pyrrole nitrogens is 1. The molecule has 1 aliphatic rings. The number of amides is 1. The van der Waals surface area contributed by atoms with Crippen LogP contribution < -0.4 is 4.72 Å². The van der Waals surface area contributed by atoms with E-state index < -0.39 is 10.0 Å². The standard InChI is InChI=1S/C12H20N4O3S/c1-9-11(8-13-15-9)12(17)16-6-4-3-5-10(16)7-14-20(2,18)19/h8,10,14H,3-7H2,1-2H3,(H,13,15). The van der Waals surface area contributed by atoms with Crippen LogP contribution in [0.4, 0.5) is 0 Å². The average molecular weight is 300 g/mol. The molecule has 1 aromatic rings. The van der Waals surface area contributed by atoms with Gasteiger partial charge in [-0.25, -0.2) is 13.1 Å². The van der Waals surface area contributed by atoms with Crippen LogP contribution in [0.25, 0.3) is 0 Å². The number of aromatic amines is 1. The fourth-order valence-electron chi connectivity index (χ4n) is 2.45. The van der Waals surface area contributed by atoms with Gasteiger partial charge >= 0.3 is 0 Å². The Balaban J connectivity index is 2.11. The van der Waals surface area contributed by atoms with Crippen molar-refractivity contribution in [2.75, 3.05) is 19.3 Å². The van der Waals surface area contributed by atoms with E-state index in [2.05, 4.69) is 14.9 Å². The Labute approximate surface area is 118 Å². The molecule has 1 saturated heterocycles. The number of likely N-dealkylation sites (tertiary alicyclic amines) is 1. The van der Waals surface area contributed by atoms with Gasteiger partial charge in [0, 0.05) is 24.8 Å². The molecule has 1 aliphatic heterocycles. The minimum Gasteiger partial charge on any atom is -0.334 e. The van der Waals surface area contributed by atoms with Gasteiger partial charge in [0.25, 0.3) is 5.91 Å². The first kappa shape index (κ1) is 15.0. The number of rotatable bonds is 4. The summed E-state index contributed by atoms with van der Waals surface area (Å²) in [5, 5.41) is 6.61. The Kier molecular flexibility index (Phi) is 4.44. The molecule has 1 unspecified atom stereocenters. The largest absolute Gasteiger partial charge is 0.334 e. The molecule has 0 saturated carbocycles. The average Bonchev–Trinajstić information content (AvgIpc) is 2.81. The van der Waals surface area contributed by atoms with Gasteiger partial charge in [-0.3, -0.25) is 9.89 Å². The number of hydrogen-bond acceptors (Lipinski definition) is 4. The number of piperidine rings is 1. The van der Waals surface area contributed by atoms with Crippen molar-refractivity contribution in [1.82, 2.24) is 19.8 Å². The summed E-state index contributed by atoms with van der Waals surface area (Å²) in [6, 6.07) is -0.0970. The van der Waals surface area contributed by atoms with Gasteiger partial charge in [0.05, 0.1) is 18.0 Å². The van der Waals surface area contributed by atoms with Crippen LogP contribution in [-0.4, -0.2) is 54.8 Å². The van der Waals surface area contributed by atoms with E-state index in [-0.39, 0.29) is 18.5 Å². The maximum atomic E-state index is 12.5. The van der Waals surface area contributed by atoms with Crippen LogP contribution in [0.15, 0.2) is 6.20 Å². The van der Waals surface area contributed by atoms with E-state index >= 15 is 0 Å². The number of carbonyl (C=O) groups excluding carboxylic acids is 1. The fourth-order valence-corrected chi connectivity index (χ4v) is 2.94. The van der Waals surface area contributed by atoms with Gasteiger partial charge in [-0.15, -0.1) is 0 Å². The van der Waals surface area contributed by atoms with Crippen molar-refractivity contribution in [3.05, 3.63) is 17.5 Å². The number of nitrogens with zero attached hydrogens (tertiary/aromatic N) is 2. The maximum Gasteiger partial charge on any atom is 0.257 e. The van der Waals surface area contributed by atoms with E-state index in [1.165, 1.54) is 6.20 Å². The van der Waals surface area contributed by atoms with Crippen LogP contribution in [-0.2, 0) is 10.0 Å². The van der Waals surface area contributed by atoms with E-state index in [1.807, 2.05) is 0 Å². The van der Waals surface area contributed by atoms with Crippen LogP contribution in [0, 0.1) is 6.92 Å². The number of aromatic nitrogens is 2. The summed E-state index contributed by atoms with van der Waals surface area (Å²) in [6.07, 6.45) is 5.41. The molecular formula is C12H20N4O3S. The molecular weight excluding hydrogens is 280 g/mol. The second kappa shape index (κ2) is 5.92. The summed E-state index contributed by atoms with van der Waals surface area (Å²) in [4.78, 5) is 14.3. The molecule has 2 N–H and O–H groups in total. The summed E-state index contributed by atoms with van der Waals surface area (Å²) in [5.74, 6) is -0.0868. The lowest BCUT2D eigenvalue weighted by atomic mass is 10.0. The number of nitrogens with one attached hydrogen (secondary N) is 2. The van der Waals surface area contributed by atoms with Gasteiger partial charge in [-0.2, -0.15) is 5.10 Å². The third-order valence-electron chi connectivity index (χ3n) is 3.53. The molecule has 8 heteroatoms. The van der Waals surface area contributed by atoms with E-state index in [9.17, 15) is 13.2 Å². The lowest BCUT2D eigenvalue weighted by molar-refractivity contribution is 0.0618. The summed E-state index contributed by atoms with van der Waals surface area (Å²) in [7, 11) is -3.24. The van der Waals surface area contributed by atoms with E-state index in [0.29, 0.717) is 12.1 Å². The van der Waals surface area contributed by atoms with Gasteiger partial charge in [-0.1, -0.05) is 0 Å². The smallest absolute Gasteiger partial charge is 0.257 e. The monoisotopic (exact) mass is 300 g/mol. The Morgan fingerprint density at radius 3 is 2.90 bits per heavy atom. The Morgan fingerprint density at radius 2 is 2.30 bits per heavy atom. The third kappa shape index (κ3) is 3.57. The van der Waals surface area contributed by atoms with Crippen LogP contribution >= 0.6 is 0 Å². The van der Waals surface area contributed by atoms with Gasteiger partial charge in [0.15, 0.2) is 0 Å². The number of aryl methyl sites for hydroxylation is 1. The van der Waals surface area contributed by atoms with Crippen LogP contribution in [0.3, 0.4) is 0 Å². The number of carbonyl (C=O) groups is 1. The molecule has 0 bridgehead atoms. The highest BCUT2D eigenvalue weighted by Gasteiger charge is 2.29. The zero-order valence-electron chi connectivity index (χ0n) is 11.7. The van der Waals surface area contributed by atoms with Gasteiger partial charge in [0.1, 0.15) is 0 Å². The minimum atomic E-state index is -3.24. The quantitative estimate of drug-likeness (QED) is 0.834. The van der Waals surface area contributed by atoms with E-state index in [4.69, 9.17) is 0 Å². The minimum absolute atomic E-state index is 0.0868. The molecule has 2 rings (SSSR count). The predicted octanol–water partition coefficient (Wildman–Crippen LogP) is 0.262. The van der Waals surface area contributed by atoms with Crippen molar-refractivity contribution in [2.24, 2.45) is 0 Å². The molecule has 20 heavy (non-hydrogen) atoms. The SMILES string of the molecule is Cc1[nH]ncc1C(=O)N1CCCCC1CNS(C)(=O)=O. The molecule has 1 amide bonds. The first-order chi connectivity index (χ1) is 9.38. The predicted molar refractivity (Wildman–Crippen MR) is 74.8 cm³/mol. The molecule has 112 valence electrons. The van der Waals surface area contributed by atoms with Crippen LogP contribution in [0.5, 0.6) is 0 Å². The molecule has 0 spiro atoms. The van der Waals surface area contributed by atoms with Crippen molar-refractivity contribution in [3.8, 4) is 0 Å². The summed E-state index contributed by atoms with van der Waals surface area (Å²) in [5.41, 5.74) is 1.28. The van der Waals surface area contributed by atoms with Crippen molar-refractivity contribution in [2.45, 2.75) is 32.2 Å². The van der Waals surface area contributed by atoms with Crippen LogP contribution in [0.1, 0.15) is 35.3 Å².